The van der Waals surface area contributed by atoms with E-state index in [1.807, 2.05) is 0 Å². The molecule has 140 valence electrons. The first-order chi connectivity index (χ1) is 13.6. The molecule has 0 radical (unpaired) electrons. The topological polar surface area (TPSA) is 88.6 Å². The summed E-state index contributed by atoms with van der Waals surface area (Å²) in [6, 6.07) is 15.5. The lowest BCUT2D eigenvalue weighted by Crippen LogP contribution is -2.25. The zero-order valence-corrected chi connectivity index (χ0v) is 15.3. The summed E-state index contributed by atoms with van der Waals surface area (Å²) in [5.74, 6) is -0.0995. The second-order valence-corrected chi connectivity index (χ2v) is 6.40. The van der Waals surface area contributed by atoms with E-state index in [4.69, 9.17) is 16.0 Å². The molecule has 0 spiro atoms. The molecule has 3 heterocycles. The molecule has 2 amide bonds. The number of rotatable bonds is 5. The third kappa shape index (κ3) is 3.60. The zero-order valence-electron chi connectivity index (χ0n) is 14.6. The van der Waals surface area contributed by atoms with Gasteiger partial charge in [0.25, 0.3) is 11.8 Å². The maximum Gasteiger partial charge on any atom is 0.288 e. The molecule has 3 aromatic heterocycles. The molecule has 2 N–H and O–H groups in total. The number of furan rings is 1. The number of carbonyl (C=O) groups is 2. The minimum Gasteiger partial charge on any atom is -0.467 e. The Kier molecular flexibility index (Phi) is 4.82. The summed E-state index contributed by atoms with van der Waals surface area (Å²) in [5.41, 5.74) is 1.26. The number of aromatic nitrogens is 2. The van der Waals surface area contributed by atoms with Crippen LogP contribution in [0.3, 0.4) is 0 Å². The normalized spacial score (nSPS) is 10.8. The minimum absolute atomic E-state index is 0.114. The number of carbonyl (C=O) groups excluding carboxylic acids is 2. The maximum atomic E-state index is 12.7. The predicted molar refractivity (Wildman–Crippen MR) is 104 cm³/mol. The van der Waals surface area contributed by atoms with E-state index in [9.17, 15) is 9.59 Å². The molecule has 1 aromatic carbocycles. The first kappa shape index (κ1) is 17.8. The largest absolute Gasteiger partial charge is 0.467 e. The Bertz CT molecular complexity index is 1130. The van der Waals surface area contributed by atoms with Crippen LogP contribution in [0.15, 0.2) is 71.5 Å². The first-order valence-corrected chi connectivity index (χ1v) is 8.84. The van der Waals surface area contributed by atoms with E-state index >= 15 is 0 Å². The first-order valence-electron chi connectivity index (χ1n) is 8.46. The quantitative estimate of drug-likeness (QED) is 0.539. The lowest BCUT2D eigenvalue weighted by molar-refractivity contribution is 0.0937. The second-order valence-electron chi connectivity index (χ2n) is 5.96. The Labute approximate surface area is 164 Å². The van der Waals surface area contributed by atoms with Gasteiger partial charge in [-0.25, -0.2) is 4.98 Å². The summed E-state index contributed by atoms with van der Waals surface area (Å²) >= 11 is 5.87. The lowest BCUT2D eigenvalue weighted by atomic mass is 10.3. The molecule has 4 rings (SSSR count). The molecule has 0 bridgehead atoms. The molecule has 0 atom stereocenters. The van der Waals surface area contributed by atoms with Gasteiger partial charge in [-0.1, -0.05) is 17.7 Å². The predicted octanol–water partition coefficient (Wildman–Crippen LogP) is 3.76. The number of benzene rings is 1. The van der Waals surface area contributed by atoms with Crippen LogP contribution in [0.5, 0.6) is 0 Å². The molecular formula is C20H15ClN4O3. The minimum atomic E-state index is -0.420. The third-order valence-corrected chi connectivity index (χ3v) is 4.32. The van der Waals surface area contributed by atoms with Crippen molar-refractivity contribution in [2.75, 3.05) is 5.32 Å². The highest BCUT2D eigenvalue weighted by Gasteiger charge is 2.21. The average Bonchev–Trinajstić information content (AvgIpc) is 3.36. The fourth-order valence-electron chi connectivity index (χ4n) is 2.75. The van der Waals surface area contributed by atoms with Gasteiger partial charge in [-0.15, -0.1) is 0 Å². The zero-order chi connectivity index (χ0) is 19.5. The summed E-state index contributed by atoms with van der Waals surface area (Å²) in [4.78, 5) is 29.6. The van der Waals surface area contributed by atoms with Gasteiger partial charge in [0.15, 0.2) is 5.69 Å². The molecular weight excluding hydrogens is 380 g/mol. The molecule has 4 aromatic rings. The van der Waals surface area contributed by atoms with E-state index in [2.05, 4.69) is 15.6 Å². The molecule has 7 nitrogen and oxygen atoms in total. The van der Waals surface area contributed by atoms with Crippen LogP contribution in [-0.2, 0) is 6.54 Å². The Morgan fingerprint density at radius 1 is 1.04 bits per heavy atom. The van der Waals surface area contributed by atoms with Crippen molar-refractivity contribution < 1.29 is 14.0 Å². The van der Waals surface area contributed by atoms with E-state index in [0.29, 0.717) is 22.0 Å². The lowest BCUT2D eigenvalue weighted by Gasteiger charge is -2.03. The van der Waals surface area contributed by atoms with Gasteiger partial charge in [0, 0.05) is 16.9 Å². The molecule has 28 heavy (non-hydrogen) atoms. The van der Waals surface area contributed by atoms with Crippen LogP contribution in [0, 0.1) is 0 Å². The molecule has 0 unspecified atom stereocenters. The van der Waals surface area contributed by atoms with Crippen LogP contribution < -0.4 is 10.6 Å². The number of nitrogens with one attached hydrogen (secondary N) is 2. The SMILES string of the molecule is O=C(Nc1ccc(Cl)cc1)c1nc(C(=O)NCc2ccco2)n2ccccc12. The molecule has 0 aliphatic carbocycles. The molecule has 8 heteroatoms. The Morgan fingerprint density at radius 3 is 2.61 bits per heavy atom. The monoisotopic (exact) mass is 394 g/mol. The fraction of sp³-hybridized carbons (Fsp3) is 0.0500. The summed E-state index contributed by atoms with van der Waals surface area (Å²) in [7, 11) is 0. The Morgan fingerprint density at radius 2 is 1.86 bits per heavy atom. The van der Waals surface area contributed by atoms with Crippen LogP contribution in [-0.4, -0.2) is 21.2 Å². The number of anilines is 1. The molecule has 0 aliphatic rings. The molecule has 0 fully saturated rings. The van der Waals surface area contributed by atoms with E-state index in [-0.39, 0.29) is 18.1 Å². The van der Waals surface area contributed by atoms with Crippen molar-refractivity contribution in [3.63, 3.8) is 0 Å². The van der Waals surface area contributed by atoms with Gasteiger partial charge in [-0.05, 0) is 48.5 Å². The van der Waals surface area contributed by atoms with E-state index in [1.54, 1.807) is 65.2 Å². The Hall–Kier alpha value is -3.58. The number of hydrogen-bond acceptors (Lipinski definition) is 4. The van der Waals surface area contributed by atoms with E-state index < -0.39 is 11.8 Å². The smallest absolute Gasteiger partial charge is 0.288 e. The van der Waals surface area contributed by atoms with E-state index in [1.165, 1.54) is 6.26 Å². The number of nitrogens with zero attached hydrogens (tertiary/aromatic N) is 2. The van der Waals surface area contributed by atoms with Gasteiger partial charge >= 0.3 is 0 Å². The van der Waals surface area contributed by atoms with Crippen molar-refractivity contribution in [1.29, 1.82) is 0 Å². The number of imidazole rings is 1. The van der Waals surface area contributed by atoms with E-state index in [0.717, 1.165) is 0 Å². The van der Waals surface area contributed by atoms with Crippen LogP contribution in [0.25, 0.3) is 5.52 Å². The van der Waals surface area contributed by atoms with Crippen molar-refractivity contribution in [2.24, 2.45) is 0 Å². The fourth-order valence-corrected chi connectivity index (χ4v) is 2.87. The van der Waals surface area contributed by atoms with Gasteiger partial charge in [-0.3, -0.25) is 14.0 Å². The number of amides is 2. The van der Waals surface area contributed by atoms with Gasteiger partial charge in [0.2, 0.25) is 5.82 Å². The molecule has 0 aliphatic heterocycles. The highest BCUT2D eigenvalue weighted by molar-refractivity contribution is 6.30. The van der Waals surface area contributed by atoms with Crippen molar-refractivity contribution in [2.45, 2.75) is 6.54 Å². The van der Waals surface area contributed by atoms with Gasteiger partial charge in [0.1, 0.15) is 5.76 Å². The van der Waals surface area contributed by atoms with Crippen molar-refractivity contribution >= 4 is 34.6 Å². The van der Waals surface area contributed by atoms with Crippen LogP contribution in [0.4, 0.5) is 5.69 Å². The van der Waals surface area contributed by atoms with Crippen LogP contribution >= 0.6 is 11.6 Å². The number of fused-ring (bicyclic) bond motifs is 1. The van der Waals surface area contributed by atoms with Crippen LogP contribution in [0.1, 0.15) is 26.9 Å². The Balaban J connectivity index is 1.61. The number of halogens is 1. The van der Waals surface area contributed by atoms with Crippen molar-refractivity contribution in [1.82, 2.24) is 14.7 Å². The standard InChI is InChI=1S/C20H15ClN4O3/c21-13-6-8-14(9-7-13)23-19(26)17-16-5-1-2-10-25(16)18(24-17)20(27)22-12-15-4-3-11-28-15/h1-11H,12H2,(H,22,27)(H,23,26). The number of hydrogen-bond donors (Lipinski definition) is 2. The van der Waals surface area contributed by atoms with Gasteiger partial charge in [0.05, 0.1) is 18.3 Å². The summed E-state index contributed by atoms with van der Waals surface area (Å²) in [5, 5.41) is 6.07. The maximum absolute atomic E-state index is 12.7. The van der Waals surface area contributed by atoms with Crippen LogP contribution in [0.2, 0.25) is 5.02 Å². The summed E-state index contributed by atoms with van der Waals surface area (Å²) in [6.07, 6.45) is 3.22. The van der Waals surface area contributed by atoms with Gasteiger partial charge < -0.3 is 15.1 Å². The third-order valence-electron chi connectivity index (χ3n) is 4.07. The highest BCUT2D eigenvalue weighted by Crippen LogP contribution is 2.18. The number of pyridine rings is 1. The summed E-state index contributed by atoms with van der Waals surface area (Å²) in [6.45, 7) is 0.222. The van der Waals surface area contributed by atoms with Gasteiger partial charge in [-0.2, -0.15) is 0 Å². The summed E-state index contributed by atoms with van der Waals surface area (Å²) < 4.78 is 6.79. The second kappa shape index (κ2) is 7.58. The average molecular weight is 395 g/mol. The highest BCUT2D eigenvalue weighted by atomic mass is 35.5. The van der Waals surface area contributed by atoms with Crippen molar-refractivity contribution in [3.8, 4) is 0 Å². The van der Waals surface area contributed by atoms with Crippen molar-refractivity contribution in [3.05, 3.63) is 89.4 Å². The molecule has 0 saturated heterocycles. The molecule has 0 saturated carbocycles.